The third-order valence-corrected chi connectivity index (χ3v) is 5.64. The lowest BCUT2D eigenvalue weighted by Crippen LogP contribution is -2.20. The van der Waals surface area contributed by atoms with Crippen molar-refractivity contribution in [2.24, 2.45) is 0 Å². The van der Waals surface area contributed by atoms with Crippen LogP contribution in [0.15, 0.2) is 89.3 Å². The van der Waals surface area contributed by atoms with Crippen LogP contribution in [-0.2, 0) is 0 Å². The van der Waals surface area contributed by atoms with Crippen molar-refractivity contribution in [1.82, 2.24) is 0 Å². The third-order valence-electron chi connectivity index (χ3n) is 5.64. The van der Waals surface area contributed by atoms with Crippen LogP contribution in [0.3, 0.4) is 0 Å². The van der Waals surface area contributed by atoms with E-state index < -0.39 is 0 Å². The molecule has 0 aliphatic heterocycles. The van der Waals surface area contributed by atoms with Crippen LogP contribution < -0.4 is 0 Å². The number of carbonyl (C=O) groups is 2. The molecule has 1 aliphatic rings. The van der Waals surface area contributed by atoms with Crippen molar-refractivity contribution in [3.63, 3.8) is 0 Å². The monoisotopic (exact) mass is 374 g/mol. The fourth-order valence-corrected chi connectivity index (χ4v) is 4.28. The zero-order valence-electron chi connectivity index (χ0n) is 15.3. The Hall–Kier alpha value is -3.98. The molecule has 6 rings (SSSR count). The second-order valence-electron chi connectivity index (χ2n) is 7.24. The predicted octanol–water partition coefficient (Wildman–Crippen LogP) is 6.03. The zero-order valence-corrected chi connectivity index (χ0v) is 15.3. The van der Waals surface area contributed by atoms with Crippen molar-refractivity contribution in [3.8, 4) is 11.1 Å². The van der Waals surface area contributed by atoms with E-state index >= 15 is 0 Å². The van der Waals surface area contributed by atoms with Crippen LogP contribution in [-0.4, -0.2) is 11.6 Å². The van der Waals surface area contributed by atoms with Crippen LogP contribution in [0.4, 0.5) is 0 Å². The lowest BCUT2D eigenvalue weighted by Gasteiger charge is -2.18. The molecule has 0 bridgehead atoms. The van der Waals surface area contributed by atoms with Gasteiger partial charge in [-0.3, -0.25) is 9.59 Å². The van der Waals surface area contributed by atoms with E-state index in [2.05, 4.69) is 0 Å². The van der Waals surface area contributed by atoms with Crippen LogP contribution in [0.2, 0.25) is 0 Å². The molecule has 0 saturated heterocycles. The zero-order chi connectivity index (χ0) is 19.5. The number of ketones is 2. The lowest BCUT2D eigenvalue weighted by molar-refractivity contribution is 0.0979. The number of rotatable bonds is 1. The fraction of sp³-hybridized carbons (Fsp3) is 0. The smallest absolute Gasteiger partial charge is 0.194 e. The first kappa shape index (κ1) is 16.0. The van der Waals surface area contributed by atoms with Crippen molar-refractivity contribution >= 4 is 33.5 Å². The van der Waals surface area contributed by atoms with Crippen molar-refractivity contribution in [1.29, 1.82) is 0 Å². The van der Waals surface area contributed by atoms with Gasteiger partial charge in [0.15, 0.2) is 11.6 Å². The van der Waals surface area contributed by atoms with E-state index in [1.807, 2.05) is 54.6 Å². The molecule has 0 unspecified atom stereocenters. The Morgan fingerprint density at radius 1 is 0.517 bits per heavy atom. The average Bonchev–Trinajstić information content (AvgIpc) is 3.16. The summed E-state index contributed by atoms with van der Waals surface area (Å²) in [5.74, 6) is -0.213. The molecule has 136 valence electrons. The minimum atomic E-state index is -0.110. The summed E-state index contributed by atoms with van der Waals surface area (Å²) >= 11 is 0. The number of fused-ring (bicyclic) bond motifs is 5. The van der Waals surface area contributed by atoms with Gasteiger partial charge in [0.1, 0.15) is 11.2 Å². The second-order valence-corrected chi connectivity index (χ2v) is 7.24. The van der Waals surface area contributed by atoms with Gasteiger partial charge < -0.3 is 4.42 Å². The predicted molar refractivity (Wildman–Crippen MR) is 112 cm³/mol. The second kappa shape index (κ2) is 5.76. The summed E-state index contributed by atoms with van der Waals surface area (Å²) in [5, 5.41) is 2.04. The Morgan fingerprint density at radius 2 is 1.14 bits per heavy atom. The molecule has 0 atom stereocenters. The van der Waals surface area contributed by atoms with Gasteiger partial charge in [-0.25, -0.2) is 0 Å². The van der Waals surface area contributed by atoms with E-state index in [1.54, 1.807) is 30.3 Å². The van der Waals surface area contributed by atoms with Gasteiger partial charge in [-0.2, -0.15) is 0 Å². The maximum absolute atomic E-state index is 13.1. The van der Waals surface area contributed by atoms with Crippen LogP contribution in [0.5, 0.6) is 0 Å². The maximum atomic E-state index is 13.1. The average molecular weight is 374 g/mol. The summed E-state index contributed by atoms with van der Waals surface area (Å²) in [4.78, 5) is 26.0. The molecule has 3 nitrogen and oxygen atoms in total. The molecule has 1 aliphatic carbocycles. The standard InChI is InChI=1S/C26H14O3/c27-25-17-6-1-2-7-18(17)26(28)21-14-15(12-13-19(21)25)16-9-5-11-23-24(16)20-8-3-4-10-22(20)29-23/h1-14H. The van der Waals surface area contributed by atoms with Gasteiger partial charge in [-0.05, 0) is 35.4 Å². The van der Waals surface area contributed by atoms with E-state index in [4.69, 9.17) is 4.42 Å². The number of furan rings is 1. The van der Waals surface area contributed by atoms with Gasteiger partial charge >= 0.3 is 0 Å². The maximum Gasteiger partial charge on any atom is 0.194 e. The first-order chi connectivity index (χ1) is 14.2. The summed E-state index contributed by atoms with van der Waals surface area (Å²) in [6.07, 6.45) is 0. The summed E-state index contributed by atoms with van der Waals surface area (Å²) < 4.78 is 5.99. The molecule has 0 fully saturated rings. The molecule has 3 heteroatoms. The van der Waals surface area contributed by atoms with Crippen LogP contribution in [0.25, 0.3) is 33.1 Å². The minimum absolute atomic E-state index is 0.103. The first-order valence-corrected chi connectivity index (χ1v) is 9.45. The Labute approximate surface area is 166 Å². The normalized spacial score (nSPS) is 13.0. The molecule has 0 saturated carbocycles. The van der Waals surface area contributed by atoms with Gasteiger partial charge in [0, 0.05) is 33.0 Å². The molecule has 0 N–H and O–H groups in total. The van der Waals surface area contributed by atoms with Gasteiger partial charge in [-0.15, -0.1) is 0 Å². The number of carbonyl (C=O) groups excluding carboxylic acids is 2. The topological polar surface area (TPSA) is 47.3 Å². The molecule has 0 spiro atoms. The molecule has 0 radical (unpaired) electrons. The van der Waals surface area contributed by atoms with E-state index in [-0.39, 0.29) is 11.6 Å². The number of hydrogen-bond donors (Lipinski definition) is 0. The lowest BCUT2D eigenvalue weighted by atomic mass is 9.82. The quantitative estimate of drug-likeness (QED) is 0.353. The van der Waals surface area contributed by atoms with E-state index in [0.717, 1.165) is 33.1 Å². The van der Waals surface area contributed by atoms with Crippen molar-refractivity contribution < 1.29 is 14.0 Å². The van der Waals surface area contributed by atoms with Crippen LogP contribution >= 0.6 is 0 Å². The molecule has 29 heavy (non-hydrogen) atoms. The highest BCUT2D eigenvalue weighted by molar-refractivity contribution is 6.28. The number of benzene rings is 4. The molecule has 0 amide bonds. The largest absolute Gasteiger partial charge is 0.456 e. The summed E-state index contributed by atoms with van der Waals surface area (Å²) in [6, 6.07) is 26.4. The molecule has 5 aromatic rings. The van der Waals surface area contributed by atoms with Gasteiger partial charge in [0.2, 0.25) is 0 Å². The highest BCUT2D eigenvalue weighted by Crippen LogP contribution is 2.38. The highest BCUT2D eigenvalue weighted by atomic mass is 16.3. The third kappa shape index (κ3) is 2.18. The minimum Gasteiger partial charge on any atom is -0.456 e. The molecule has 1 aromatic heterocycles. The van der Waals surface area contributed by atoms with Gasteiger partial charge in [-0.1, -0.05) is 60.7 Å². The molecular weight excluding hydrogens is 360 g/mol. The SMILES string of the molecule is O=C1c2ccccc2C(=O)c2cc(-c3cccc4oc5ccccc5c34)ccc21. The van der Waals surface area contributed by atoms with Crippen LogP contribution in [0, 0.1) is 0 Å². The van der Waals surface area contributed by atoms with Crippen molar-refractivity contribution in [2.75, 3.05) is 0 Å². The van der Waals surface area contributed by atoms with E-state index in [1.165, 1.54) is 0 Å². The Bertz CT molecular complexity index is 1490. The Kier molecular flexibility index (Phi) is 3.18. The van der Waals surface area contributed by atoms with Gasteiger partial charge in [0.05, 0.1) is 0 Å². The highest BCUT2D eigenvalue weighted by Gasteiger charge is 2.29. The first-order valence-electron chi connectivity index (χ1n) is 9.45. The summed E-state index contributed by atoms with van der Waals surface area (Å²) in [5.41, 5.74) is 5.35. The summed E-state index contributed by atoms with van der Waals surface area (Å²) in [7, 11) is 0. The van der Waals surface area contributed by atoms with E-state index in [9.17, 15) is 9.59 Å². The van der Waals surface area contributed by atoms with Crippen LogP contribution in [0.1, 0.15) is 31.8 Å². The van der Waals surface area contributed by atoms with E-state index in [0.29, 0.717) is 22.3 Å². The Balaban J connectivity index is 1.61. The fourth-order valence-electron chi connectivity index (χ4n) is 4.28. The van der Waals surface area contributed by atoms with Gasteiger partial charge in [0.25, 0.3) is 0 Å². The Morgan fingerprint density at radius 3 is 1.97 bits per heavy atom. The molecule has 1 heterocycles. The number of hydrogen-bond acceptors (Lipinski definition) is 3. The summed E-state index contributed by atoms with van der Waals surface area (Å²) in [6.45, 7) is 0. The van der Waals surface area contributed by atoms with Crippen molar-refractivity contribution in [2.45, 2.75) is 0 Å². The molecular formula is C26H14O3. The number of para-hydroxylation sites is 1. The molecule has 4 aromatic carbocycles. The van der Waals surface area contributed by atoms with Crippen molar-refractivity contribution in [3.05, 3.63) is 107 Å².